The summed E-state index contributed by atoms with van der Waals surface area (Å²) in [5.74, 6) is -0.749. The van der Waals surface area contributed by atoms with Crippen molar-refractivity contribution in [3.63, 3.8) is 0 Å². The summed E-state index contributed by atoms with van der Waals surface area (Å²) in [4.78, 5) is 12.6. The van der Waals surface area contributed by atoms with Crippen molar-refractivity contribution in [3.05, 3.63) is 70.8 Å². The van der Waals surface area contributed by atoms with Crippen molar-refractivity contribution in [1.29, 1.82) is 5.26 Å². The normalized spacial score (nSPS) is 17.5. The Balaban J connectivity index is 1.87. The fraction of sp³-hybridized carbons (Fsp3) is 0.222. The van der Waals surface area contributed by atoms with Gasteiger partial charge in [-0.1, -0.05) is 54.1 Å². The SMILES string of the molecule is Cc1ccc(C(C#N)C(=O)C2Cc3ccccc32)cc1. The van der Waals surface area contributed by atoms with Gasteiger partial charge in [-0.05, 0) is 30.0 Å². The minimum Gasteiger partial charge on any atom is -0.297 e. The van der Waals surface area contributed by atoms with Gasteiger partial charge in [0.25, 0.3) is 0 Å². The molecule has 0 radical (unpaired) electrons. The summed E-state index contributed by atoms with van der Waals surface area (Å²) in [6.45, 7) is 2.00. The number of hydrogen-bond donors (Lipinski definition) is 0. The Morgan fingerprint density at radius 1 is 1.20 bits per heavy atom. The molecule has 0 N–H and O–H groups in total. The number of rotatable bonds is 3. The highest BCUT2D eigenvalue weighted by molar-refractivity contribution is 5.96. The molecule has 2 heteroatoms. The molecule has 0 amide bonds. The molecular formula is C18H15NO. The summed E-state index contributed by atoms with van der Waals surface area (Å²) >= 11 is 0. The van der Waals surface area contributed by atoms with Crippen molar-refractivity contribution in [2.45, 2.75) is 25.2 Å². The average molecular weight is 261 g/mol. The Hall–Kier alpha value is -2.40. The number of carbonyl (C=O) groups is 1. The van der Waals surface area contributed by atoms with Gasteiger partial charge < -0.3 is 0 Å². The van der Waals surface area contributed by atoms with Gasteiger partial charge >= 0.3 is 0 Å². The zero-order valence-corrected chi connectivity index (χ0v) is 11.3. The van der Waals surface area contributed by atoms with Crippen LogP contribution in [0.4, 0.5) is 0 Å². The molecule has 1 aliphatic carbocycles. The maximum Gasteiger partial charge on any atom is 0.162 e. The molecule has 0 heterocycles. The van der Waals surface area contributed by atoms with E-state index in [1.54, 1.807) is 0 Å². The van der Waals surface area contributed by atoms with Crippen LogP contribution >= 0.6 is 0 Å². The summed E-state index contributed by atoms with van der Waals surface area (Å²) in [5, 5.41) is 9.36. The Bertz CT molecular complexity index is 694. The predicted octanol–water partition coefficient (Wildman–Crippen LogP) is 3.51. The Kier molecular flexibility index (Phi) is 3.12. The van der Waals surface area contributed by atoms with Crippen LogP contribution in [0.25, 0.3) is 0 Å². The van der Waals surface area contributed by atoms with Gasteiger partial charge in [-0.3, -0.25) is 4.79 Å². The lowest BCUT2D eigenvalue weighted by atomic mass is 9.71. The largest absolute Gasteiger partial charge is 0.297 e. The molecule has 2 aromatic rings. The molecule has 0 bridgehead atoms. The second-order valence-electron chi connectivity index (χ2n) is 5.33. The second kappa shape index (κ2) is 4.94. The molecule has 98 valence electrons. The first-order valence-corrected chi connectivity index (χ1v) is 6.78. The molecule has 0 saturated heterocycles. The number of ketones is 1. The number of benzene rings is 2. The van der Waals surface area contributed by atoms with Crippen LogP contribution in [0.5, 0.6) is 0 Å². The van der Waals surface area contributed by atoms with E-state index in [0.717, 1.165) is 23.1 Å². The number of carbonyl (C=O) groups excluding carboxylic acids is 1. The standard InChI is InChI=1S/C18H15NO/c1-12-6-8-13(9-7-12)17(11-19)18(20)16-10-14-4-2-3-5-15(14)16/h2-9,16-17H,10H2,1H3. The van der Waals surface area contributed by atoms with Gasteiger partial charge in [0.05, 0.1) is 6.07 Å². The van der Waals surface area contributed by atoms with Crippen molar-refractivity contribution in [2.75, 3.05) is 0 Å². The molecule has 3 rings (SSSR count). The third-order valence-corrected chi connectivity index (χ3v) is 4.02. The highest BCUT2D eigenvalue weighted by Crippen LogP contribution is 2.38. The molecule has 0 aromatic heterocycles. The third-order valence-electron chi connectivity index (χ3n) is 4.02. The van der Waals surface area contributed by atoms with Crippen molar-refractivity contribution >= 4 is 5.78 Å². The molecule has 0 saturated carbocycles. The number of nitrogens with zero attached hydrogens (tertiary/aromatic N) is 1. The van der Waals surface area contributed by atoms with E-state index in [0.29, 0.717) is 0 Å². The molecule has 0 aliphatic heterocycles. The number of nitriles is 1. The van der Waals surface area contributed by atoms with Crippen LogP contribution in [0.2, 0.25) is 0 Å². The molecule has 2 nitrogen and oxygen atoms in total. The summed E-state index contributed by atoms with van der Waals surface area (Å²) in [6.07, 6.45) is 0.763. The van der Waals surface area contributed by atoms with Crippen LogP contribution in [-0.4, -0.2) is 5.78 Å². The van der Waals surface area contributed by atoms with Crippen molar-refractivity contribution < 1.29 is 4.79 Å². The van der Waals surface area contributed by atoms with Gasteiger partial charge in [-0.25, -0.2) is 0 Å². The van der Waals surface area contributed by atoms with Crippen LogP contribution in [0, 0.1) is 18.3 Å². The van der Waals surface area contributed by atoms with E-state index in [-0.39, 0.29) is 11.7 Å². The van der Waals surface area contributed by atoms with Gasteiger partial charge in [0.15, 0.2) is 5.78 Å². The van der Waals surface area contributed by atoms with E-state index in [1.165, 1.54) is 5.56 Å². The molecule has 0 spiro atoms. The predicted molar refractivity (Wildman–Crippen MR) is 77.4 cm³/mol. The number of hydrogen-bond acceptors (Lipinski definition) is 2. The second-order valence-corrected chi connectivity index (χ2v) is 5.33. The van der Waals surface area contributed by atoms with Crippen molar-refractivity contribution in [3.8, 4) is 6.07 Å². The smallest absolute Gasteiger partial charge is 0.162 e. The van der Waals surface area contributed by atoms with Crippen LogP contribution in [0.15, 0.2) is 48.5 Å². The average Bonchev–Trinajstić information content (AvgIpc) is 2.43. The van der Waals surface area contributed by atoms with E-state index in [2.05, 4.69) is 6.07 Å². The van der Waals surface area contributed by atoms with Crippen LogP contribution < -0.4 is 0 Å². The lowest BCUT2D eigenvalue weighted by molar-refractivity contribution is -0.121. The molecule has 2 atom stereocenters. The quantitative estimate of drug-likeness (QED) is 0.848. The first-order valence-electron chi connectivity index (χ1n) is 6.78. The van der Waals surface area contributed by atoms with E-state index in [9.17, 15) is 10.1 Å². The highest BCUT2D eigenvalue weighted by Gasteiger charge is 2.36. The van der Waals surface area contributed by atoms with Gasteiger partial charge in [0.2, 0.25) is 0 Å². The molecule has 0 fully saturated rings. The van der Waals surface area contributed by atoms with Crippen LogP contribution in [-0.2, 0) is 11.2 Å². The number of aryl methyl sites for hydroxylation is 1. The molecule has 2 aromatic carbocycles. The minimum absolute atomic E-state index is 0.0232. The molecule has 2 unspecified atom stereocenters. The van der Waals surface area contributed by atoms with Gasteiger partial charge in [-0.2, -0.15) is 5.26 Å². The van der Waals surface area contributed by atoms with Crippen molar-refractivity contribution in [1.82, 2.24) is 0 Å². The third kappa shape index (κ3) is 2.02. The van der Waals surface area contributed by atoms with E-state index < -0.39 is 5.92 Å². The van der Waals surface area contributed by atoms with Crippen LogP contribution in [0.3, 0.4) is 0 Å². The Labute approximate surface area is 118 Å². The number of fused-ring (bicyclic) bond motifs is 1. The monoisotopic (exact) mass is 261 g/mol. The van der Waals surface area contributed by atoms with Crippen molar-refractivity contribution in [2.24, 2.45) is 0 Å². The summed E-state index contributed by atoms with van der Waals surface area (Å²) in [5.41, 5.74) is 4.25. The summed E-state index contributed by atoms with van der Waals surface area (Å²) in [7, 11) is 0. The van der Waals surface area contributed by atoms with E-state index >= 15 is 0 Å². The zero-order chi connectivity index (χ0) is 14.1. The highest BCUT2D eigenvalue weighted by atomic mass is 16.1. The first kappa shape index (κ1) is 12.6. The fourth-order valence-corrected chi connectivity index (χ4v) is 2.78. The number of Topliss-reactive ketones (excluding diaryl/α,β-unsaturated/α-hetero) is 1. The lowest BCUT2D eigenvalue weighted by Gasteiger charge is -2.30. The summed E-state index contributed by atoms with van der Waals surface area (Å²) in [6, 6.07) is 17.8. The maximum absolute atomic E-state index is 12.6. The zero-order valence-electron chi connectivity index (χ0n) is 11.3. The maximum atomic E-state index is 12.6. The lowest BCUT2D eigenvalue weighted by Crippen LogP contribution is -2.29. The van der Waals surface area contributed by atoms with Crippen LogP contribution in [0.1, 0.15) is 34.1 Å². The Morgan fingerprint density at radius 2 is 1.90 bits per heavy atom. The molecule has 1 aliphatic rings. The van der Waals surface area contributed by atoms with E-state index in [1.807, 2.05) is 55.5 Å². The summed E-state index contributed by atoms with van der Waals surface area (Å²) < 4.78 is 0. The first-order chi connectivity index (χ1) is 9.70. The minimum atomic E-state index is -0.658. The topological polar surface area (TPSA) is 40.9 Å². The molecule has 20 heavy (non-hydrogen) atoms. The molecular weight excluding hydrogens is 246 g/mol. The van der Waals surface area contributed by atoms with Gasteiger partial charge in [0, 0.05) is 5.92 Å². The van der Waals surface area contributed by atoms with Gasteiger partial charge in [0.1, 0.15) is 5.92 Å². The Morgan fingerprint density at radius 3 is 2.55 bits per heavy atom. The van der Waals surface area contributed by atoms with E-state index in [4.69, 9.17) is 0 Å². The van der Waals surface area contributed by atoms with Gasteiger partial charge in [-0.15, -0.1) is 0 Å². The fourth-order valence-electron chi connectivity index (χ4n) is 2.78.